The Balaban J connectivity index is 1.73. The van der Waals surface area contributed by atoms with E-state index in [1.165, 1.54) is 5.01 Å². The minimum absolute atomic E-state index is 0.137. The van der Waals surface area contributed by atoms with Gasteiger partial charge in [-0.1, -0.05) is 17.7 Å². The SMILES string of the molecule is O=C(NCc1cccs1)C1=NN(c2ccc(Cl)cc2)C(=O)CC1. The van der Waals surface area contributed by atoms with Crippen molar-refractivity contribution in [3.05, 3.63) is 51.7 Å². The average molecular weight is 348 g/mol. The Morgan fingerprint density at radius 3 is 2.74 bits per heavy atom. The summed E-state index contributed by atoms with van der Waals surface area (Å²) in [7, 11) is 0. The number of thiophene rings is 1. The molecule has 2 amide bonds. The molecule has 3 rings (SSSR count). The van der Waals surface area contributed by atoms with E-state index in [9.17, 15) is 9.59 Å². The van der Waals surface area contributed by atoms with Crippen molar-refractivity contribution in [2.75, 3.05) is 5.01 Å². The molecule has 1 aliphatic rings. The largest absolute Gasteiger partial charge is 0.346 e. The summed E-state index contributed by atoms with van der Waals surface area (Å²) >= 11 is 7.43. The Labute approximate surface area is 142 Å². The van der Waals surface area contributed by atoms with Crippen LogP contribution in [0.5, 0.6) is 0 Å². The van der Waals surface area contributed by atoms with Gasteiger partial charge < -0.3 is 5.32 Å². The Hall–Kier alpha value is -2.18. The first-order valence-electron chi connectivity index (χ1n) is 7.10. The highest BCUT2D eigenvalue weighted by molar-refractivity contribution is 7.09. The molecule has 5 nitrogen and oxygen atoms in total. The first kappa shape index (κ1) is 15.7. The highest BCUT2D eigenvalue weighted by Gasteiger charge is 2.25. The van der Waals surface area contributed by atoms with Crippen LogP contribution in [0.2, 0.25) is 5.02 Å². The monoisotopic (exact) mass is 347 g/mol. The lowest BCUT2D eigenvalue weighted by Crippen LogP contribution is -2.38. The van der Waals surface area contributed by atoms with E-state index in [2.05, 4.69) is 10.4 Å². The standard InChI is InChI=1S/C16H14ClN3O2S/c17-11-3-5-12(6-4-11)20-15(21)8-7-14(19-20)16(22)18-10-13-2-1-9-23-13/h1-6,9H,7-8,10H2,(H,18,22). The Morgan fingerprint density at radius 2 is 2.04 bits per heavy atom. The second kappa shape index (κ2) is 6.93. The zero-order valence-corrected chi connectivity index (χ0v) is 13.7. The number of anilines is 1. The van der Waals surface area contributed by atoms with Gasteiger partial charge in [-0.15, -0.1) is 11.3 Å². The van der Waals surface area contributed by atoms with Gasteiger partial charge in [-0.2, -0.15) is 5.10 Å². The van der Waals surface area contributed by atoms with Crippen molar-refractivity contribution in [3.8, 4) is 0 Å². The van der Waals surface area contributed by atoms with Crippen LogP contribution in [0, 0.1) is 0 Å². The van der Waals surface area contributed by atoms with Gasteiger partial charge in [0.2, 0.25) is 5.91 Å². The van der Waals surface area contributed by atoms with Crippen molar-refractivity contribution in [3.63, 3.8) is 0 Å². The van der Waals surface area contributed by atoms with Gasteiger partial charge >= 0.3 is 0 Å². The van der Waals surface area contributed by atoms with Crippen molar-refractivity contribution in [1.29, 1.82) is 0 Å². The number of benzene rings is 1. The topological polar surface area (TPSA) is 61.8 Å². The van der Waals surface area contributed by atoms with Crippen LogP contribution in [0.4, 0.5) is 5.69 Å². The van der Waals surface area contributed by atoms with Crippen molar-refractivity contribution < 1.29 is 9.59 Å². The lowest BCUT2D eigenvalue weighted by Gasteiger charge is -2.23. The average Bonchev–Trinajstić information content (AvgIpc) is 3.07. The van der Waals surface area contributed by atoms with Crippen molar-refractivity contribution >= 4 is 46.2 Å². The number of hydrogen-bond acceptors (Lipinski definition) is 4. The van der Waals surface area contributed by atoms with Crippen LogP contribution in [0.3, 0.4) is 0 Å². The van der Waals surface area contributed by atoms with E-state index in [-0.39, 0.29) is 18.2 Å². The van der Waals surface area contributed by atoms with E-state index in [4.69, 9.17) is 11.6 Å². The van der Waals surface area contributed by atoms with Crippen LogP contribution < -0.4 is 10.3 Å². The van der Waals surface area contributed by atoms with Gasteiger partial charge in [-0.3, -0.25) is 9.59 Å². The molecule has 7 heteroatoms. The second-order valence-corrected chi connectivity index (χ2v) is 6.46. The van der Waals surface area contributed by atoms with E-state index in [1.54, 1.807) is 35.6 Å². The number of nitrogens with one attached hydrogen (secondary N) is 1. The number of amides is 2. The summed E-state index contributed by atoms with van der Waals surface area (Å²) in [5.41, 5.74) is 0.957. The van der Waals surface area contributed by atoms with Crippen LogP contribution >= 0.6 is 22.9 Å². The van der Waals surface area contributed by atoms with E-state index in [1.807, 2.05) is 17.5 Å². The van der Waals surface area contributed by atoms with Crippen LogP contribution in [-0.4, -0.2) is 17.5 Å². The van der Waals surface area contributed by atoms with E-state index >= 15 is 0 Å². The van der Waals surface area contributed by atoms with Crippen molar-refractivity contribution in [2.24, 2.45) is 5.10 Å². The minimum Gasteiger partial charge on any atom is -0.346 e. The summed E-state index contributed by atoms with van der Waals surface area (Å²) in [5, 5.41) is 10.8. The molecular formula is C16H14ClN3O2S. The Morgan fingerprint density at radius 1 is 1.26 bits per heavy atom. The normalized spacial score (nSPS) is 14.6. The van der Waals surface area contributed by atoms with Crippen molar-refractivity contribution in [1.82, 2.24) is 5.32 Å². The number of hydrazone groups is 1. The minimum atomic E-state index is -0.245. The van der Waals surface area contributed by atoms with Crippen molar-refractivity contribution in [2.45, 2.75) is 19.4 Å². The maximum absolute atomic E-state index is 12.2. The van der Waals surface area contributed by atoms with Crippen LogP contribution in [0.25, 0.3) is 0 Å². The summed E-state index contributed by atoms with van der Waals surface area (Å²) in [5.74, 6) is -0.382. The molecule has 0 unspecified atom stereocenters. The molecule has 23 heavy (non-hydrogen) atoms. The summed E-state index contributed by atoms with van der Waals surface area (Å²) < 4.78 is 0. The van der Waals surface area contributed by atoms with Gasteiger partial charge in [0.25, 0.3) is 5.91 Å². The number of rotatable bonds is 4. The molecule has 0 fully saturated rings. The Bertz CT molecular complexity index is 741. The van der Waals surface area contributed by atoms with Gasteiger partial charge in [0.05, 0.1) is 12.2 Å². The second-order valence-electron chi connectivity index (χ2n) is 4.99. The smallest absolute Gasteiger partial charge is 0.267 e. The van der Waals surface area contributed by atoms with Gasteiger partial charge in [0, 0.05) is 22.7 Å². The molecular weight excluding hydrogens is 334 g/mol. The molecule has 2 heterocycles. The summed E-state index contributed by atoms with van der Waals surface area (Å²) in [6, 6.07) is 10.7. The molecule has 1 aromatic heterocycles. The number of halogens is 1. The zero-order chi connectivity index (χ0) is 16.2. The lowest BCUT2D eigenvalue weighted by molar-refractivity contribution is -0.118. The zero-order valence-electron chi connectivity index (χ0n) is 12.2. The van der Waals surface area contributed by atoms with Crippen LogP contribution in [0.1, 0.15) is 17.7 Å². The van der Waals surface area contributed by atoms with Gasteiger partial charge in [-0.25, -0.2) is 5.01 Å². The fraction of sp³-hybridized carbons (Fsp3) is 0.188. The van der Waals surface area contributed by atoms with E-state index in [0.717, 1.165) is 4.88 Å². The maximum Gasteiger partial charge on any atom is 0.267 e. The molecule has 1 aliphatic heterocycles. The quantitative estimate of drug-likeness (QED) is 0.923. The molecule has 0 radical (unpaired) electrons. The molecule has 2 aromatic rings. The predicted octanol–water partition coefficient (Wildman–Crippen LogP) is 3.20. The van der Waals surface area contributed by atoms with Crippen LogP contribution in [0.15, 0.2) is 46.9 Å². The third kappa shape index (κ3) is 3.78. The third-order valence-electron chi connectivity index (χ3n) is 3.37. The molecule has 0 saturated heterocycles. The molecule has 1 aromatic carbocycles. The van der Waals surface area contributed by atoms with E-state index in [0.29, 0.717) is 29.4 Å². The number of carbonyl (C=O) groups is 2. The fourth-order valence-electron chi connectivity index (χ4n) is 2.18. The predicted molar refractivity (Wildman–Crippen MR) is 91.8 cm³/mol. The molecule has 0 saturated carbocycles. The summed E-state index contributed by atoms with van der Waals surface area (Å²) in [6.07, 6.45) is 0.604. The first-order chi connectivity index (χ1) is 11.1. The fourth-order valence-corrected chi connectivity index (χ4v) is 2.95. The summed E-state index contributed by atoms with van der Waals surface area (Å²) in [6.45, 7) is 0.463. The van der Waals surface area contributed by atoms with Crippen LogP contribution in [-0.2, 0) is 16.1 Å². The highest BCUT2D eigenvalue weighted by Crippen LogP contribution is 2.22. The maximum atomic E-state index is 12.2. The van der Waals surface area contributed by atoms with Gasteiger partial charge in [0.15, 0.2) is 0 Å². The number of hydrogen-bond donors (Lipinski definition) is 1. The molecule has 0 spiro atoms. The molecule has 118 valence electrons. The number of nitrogens with zero attached hydrogens (tertiary/aromatic N) is 2. The lowest BCUT2D eigenvalue weighted by atomic mass is 10.1. The summed E-state index contributed by atoms with van der Waals surface area (Å²) in [4.78, 5) is 25.4. The molecule has 1 N–H and O–H groups in total. The van der Waals surface area contributed by atoms with E-state index < -0.39 is 0 Å². The molecule has 0 aliphatic carbocycles. The van der Waals surface area contributed by atoms with Gasteiger partial charge in [0.1, 0.15) is 5.71 Å². The number of carbonyl (C=O) groups excluding carboxylic acids is 2. The molecule has 0 bridgehead atoms. The molecule has 0 atom stereocenters. The Kier molecular flexibility index (Phi) is 4.73. The first-order valence-corrected chi connectivity index (χ1v) is 8.36. The third-order valence-corrected chi connectivity index (χ3v) is 4.50. The highest BCUT2D eigenvalue weighted by atomic mass is 35.5. The van der Waals surface area contributed by atoms with Gasteiger partial charge in [-0.05, 0) is 35.7 Å².